The fraction of sp³-hybridized carbons (Fsp3) is 0.625. The molecule has 1 amide bonds. The Labute approximate surface area is 90.5 Å². The highest BCUT2D eigenvalue weighted by atomic mass is 16.4. The van der Waals surface area contributed by atoms with Crippen molar-refractivity contribution in [3.63, 3.8) is 0 Å². The minimum atomic E-state index is -2.24. The summed E-state index contributed by atoms with van der Waals surface area (Å²) in [6, 6.07) is -1.48. The standard InChI is InChI=1S/C8H13NO7/c1-3(11)9-4(2-10)5(12)6(13)7(14)8(15)16/h2,4-7,12-14H,1H3,(H,9,11)(H,15,16)/t4-,5+,6+,7+/m0/s1. The summed E-state index contributed by atoms with van der Waals surface area (Å²) in [6.07, 6.45) is -6.11. The Hall–Kier alpha value is -1.51. The van der Waals surface area contributed by atoms with Gasteiger partial charge in [-0.2, -0.15) is 0 Å². The molecule has 0 aliphatic rings. The zero-order valence-corrected chi connectivity index (χ0v) is 8.40. The Bertz CT molecular complexity index is 280. The summed E-state index contributed by atoms with van der Waals surface area (Å²) in [6.45, 7) is 1.07. The molecule has 0 aromatic rings. The van der Waals surface area contributed by atoms with Crippen molar-refractivity contribution in [3.05, 3.63) is 0 Å². The predicted molar refractivity (Wildman–Crippen MR) is 49.3 cm³/mol. The van der Waals surface area contributed by atoms with Gasteiger partial charge in [-0.3, -0.25) is 4.79 Å². The van der Waals surface area contributed by atoms with E-state index in [1.807, 2.05) is 5.32 Å². The number of carbonyl (C=O) groups is 3. The van der Waals surface area contributed by atoms with Crippen molar-refractivity contribution in [1.29, 1.82) is 0 Å². The lowest BCUT2D eigenvalue weighted by molar-refractivity contribution is -0.159. The number of aliphatic hydroxyl groups is 3. The summed E-state index contributed by atoms with van der Waals surface area (Å²) in [5.41, 5.74) is 0. The van der Waals surface area contributed by atoms with Crippen molar-refractivity contribution in [2.24, 2.45) is 0 Å². The van der Waals surface area contributed by atoms with E-state index in [0.29, 0.717) is 0 Å². The molecule has 4 atom stereocenters. The van der Waals surface area contributed by atoms with E-state index in [2.05, 4.69) is 0 Å². The van der Waals surface area contributed by atoms with Gasteiger partial charge in [0.2, 0.25) is 5.91 Å². The van der Waals surface area contributed by atoms with Gasteiger partial charge in [0, 0.05) is 6.92 Å². The van der Waals surface area contributed by atoms with E-state index < -0.39 is 36.2 Å². The first-order valence-electron chi connectivity index (χ1n) is 4.30. The van der Waals surface area contributed by atoms with E-state index in [9.17, 15) is 24.6 Å². The summed E-state index contributed by atoms with van der Waals surface area (Å²) >= 11 is 0. The molecule has 0 rings (SSSR count). The van der Waals surface area contributed by atoms with Gasteiger partial charge in [0.25, 0.3) is 0 Å². The van der Waals surface area contributed by atoms with Crippen molar-refractivity contribution >= 4 is 18.2 Å². The lowest BCUT2D eigenvalue weighted by Crippen LogP contribution is -2.53. The molecule has 0 aromatic carbocycles. The van der Waals surface area contributed by atoms with E-state index in [1.165, 1.54) is 0 Å². The van der Waals surface area contributed by atoms with Crippen LogP contribution in [0, 0.1) is 0 Å². The SMILES string of the molecule is CC(=O)N[C@@H](C=O)[C@@H](O)[C@@H](O)[C@@H](O)C(=O)O. The summed E-state index contributed by atoms with van der Waals surface area (Å²) in [7, 11) is 0. The number of hydrogen-bond donors (Lipinski definition) is 5. The van der Waals surface area contributed by atoms with Gasteiger partial charge >= 0.3 is 5.97 Å². The van der Waals surface area contributed by atoms with Crippen LogP contribution in [0.3, 0.4) is 0 Å². The number of aliphatic carboxylic acids is 1. The van der Waals surface area contributed by atoms with Gasteiger partial charge in [-0.05, 0) is 0 Å². The summed E-state index contributed by atoms with van der Waals surface area (Å²) in [5, 5.41) is 37.7. The maximum absolute atomic E-state index is 10.6. The third kappa shape index (κ3) is 3.93. The fourth-order valence-corrected chi connectivity index (χ4v) is 0.980. The van der Waals surface area contributed by atoms with Gasteiger partial charge in [-0.25, -0.2) is 4.79 Å². The van der Waals surface area contributed by atoms with Crippen LogP contribution >= 0.6 is 0 Å². The van der Waals surface area contributed by atoms with Gasteiger partial charge < -0.3 is 30.5 Å². The first-order valence-corrected chi connectivity index (χ1v) is 4.30. The monoisotopic (exact) mass is 235 g/mol. The van der Waals surface area contributed by atoms with Crippen LogP contribution in [0.25, 0.3) is 0 Å². The third-order valence-corrected chi connectivity index (χ3v) is 1.81. The molecule has 92 valence electrons. The second-order valence-corrected chi connectivity index (χ2v) is 3.13. The first-order chi connectivity index (χ1) is 7.31. The molecule has 8 nitrogen and oxygen atoms in total. The number of aliphatic hydroxyl groups excluding tert-OH is 3. The van der Waals surface area contributed by atoms with E-state index in [-0.39, 0.29) is 6.29 Å². The van der Waals surface area contributed by atoms with Gasteiger partial charge in [0.1, 0.15) is 24.5 Å². The lowest BCUT2D eigenvalue weighted by atomic mass is 10.0. The maximum Gasteiger partial charge on any atom is 0.335 e. The Balaban J connectivity index is 4.60. The molecule has 0 unspecified atom stereocenters. The van der Waals surface area contributed by atoms with Crippen LogP contribution in [0.4, 0.5) is 0 Å². The Morgan fingerprint density at radius 3 is 2.00 bits per heavy atom. The number of rotatable bonds is 6. The molecular formula is C8H13NO7. The predicted octanol–water partition coefficient (Wildman–Crippen LogP) is -3.14. The zero-order valence-electron chi connectivity index (χ0n) is 8.40. The molecular weight excluding hydrogens is 222 g/mol. The van der Waals surface area contributed by atoms with Gasteiger partial charge in [-0.15, -0.1) is 0 Å². The normalized spacial score (nSPS) is 18.0. The van der Waals surface area contributed by atoms with Crippen molar-refractivity contribution in [1.82, 2.24) is 5.32 Å². The first kappa shape index (κ1) is 14.5. The number of hydrogen-bond acceptors (Lipinski definition) is 6. The van der Waals surface area contributed by atoms with Crippen molar-refractivity contribution in [2.45, 2.75) is 31.3 Å². The minimum Gasteiger partial charge on any atom is -0.479 e. The molecule has 0 saturated heterocycles. The smallest absolute Gasteiger partial charge is 0.335 e. The molecule has 0 bridgehead atoms. The van der Waals surface area contributed by atoms with Crippen LogP contribution in [0.15, 0.2) is 0 Å². The summed E-state index contributed by atoms with van der Waals surface area (Å²) < 4.78 is 0. The topological polar surface area (TPSA) is 144 Å². The second-order valence-electron chi connectivity index (χ2n) is 3.13. The van der Waals surface area contributed by atoms with Gasteiger partial charge in [-0.1, -0.05) is 0 Å². The molecule has 0 saturated carbocycles. The molecule has 0 spiro atoms. The van der Waals surface area contributed by atoms with E-state index in [1.54, 1.807) is 0 Å². The third-order valence-electron chi connectivity index (χ3n) is 1.81. The quantitative estimate of drug-likeness (QED) is 0.306. The zero-order chi connectivity index (χ0) is 12.9. The number of carboxylic acids is 1. The van der Waals surface area contributed by atoms with Gasteiger partial charge in [0.15, 0.2) is 6.10 Å². The van der Waals surface area contributed by atoms with Crippen LogP contribution in [-0.4, -0.2) is 62.9 Å². The largest absolute Gasteiger partial charge is 0.479 e. The average molecular weight is 235 g/mol. The number of carbonyl (C=O) groups excluding carboxylic acids is 2. The number of amides is 1. The van der Waals surface area contributed by atoms with Crippen LogP contribution in [0.2, 0.25) is 0 Å². The molecule has 0 heterocycles. The van der Waals surface area contributed by atoms with E-state index >= 15 is 0 Å². The number of nitrogens with one attached hydrogen (secondary N) is 1. The average Bonchev–Trinajstić information content (AvgIpc) is 2.22. The Morgan fingerprint density at radius 2 is 1.69 bits per heavy atom. The van der Waals surface area contributed by atoms with Crippen LogP contribution in [0.5, 0.6) is 0 Å². The Kier molecular flexibility index (Phi) is 5.57. The number of carboxylic acid groups (broad SMARTS) is 1. The molecule has 0 aromatic heterocycles. The highest BCUT2D eigenvalue weighted by molar-refractivity contribution is 5.78. The van der Waals surface area contributed by atoms with Crippen molar-refractivity contribution < 1.29 is 34.8 Å². The molecule has 16 heavy (non-hydrogen) atoms. The second kappa shape index (κ2) is 6.16. The molecule has 0 fully saturated rings. The maximum atomic E-state index is 10.6. The van der Waals surface area contributed by atoms with E-state index in [0.717, 1.165) is 6.92 Å². The minimum absolute atomic E-state index is 0.129. The van der Waals surface area contributed by atoms with Crippen LogP contribution < -0.4 is 5.32 Å². The molecule has 0 radical (unpaired) electrons. The summed E-state index contributed by atoms with van der Waals surface area (Å²) in [4.78, 5) is 31.3. The van der Waals surface area contributed by atoms with E-state index in [4.69, 9.17) is 10.2 Å². The highest BCUT2D eigenvalue weighted by Gasteiger charge is 2.35. The van der Waals surface area contributed by atoms with Gasteiger partial charge in [0.05, 0.1) is 0 Å². The van der Waals surface area contributed by atoms with Crippen LogP contribution in [-0.2, 0) is 14.4 Å². The molecule has 8 heteroatoms. The van der Waals surface area contributed by atoms with Crippen molar-refractivity contribution in [2.75, 3.05) is 0 Å². The fourth-order valence-electron chi connectivity index (χ4n) is 0.980. The Morgan fingerprint density at radius 1 is 1.19 bits per heavy atom. The number of aldehydes is 1. The summed E-state index contributed by atoms with van der Waals surface area (Å²) in [5.74, 6) is -2.40. The highest BCUT2D eigenvalue weighted by Crippen LogP contribution is 2.04. The molecule has 5 N–H and O–H groups in total. The molecule has 0 aliphatic carbocycles. The lowest BCUT2D eigenvalue weighted by Gasteiger charge is -2.24. The van der Waals surface area contributed by atoms with Crippen molar-refractivity contribution in [3.8, 4) is 0 Å². The molecule has 0 aliphatic heterocycles. The van der Waals surface area contributed by atoms with Crippen LogP contribution in [0.1, 0.15) is 6.92 Å².